The fourth-order valence-corrected chi connectivity index (χ4v) is 4.19. The van der Waals surface area contributed by atoms with Crippen LogP contribution in [0.15, 0.2) is 46.2 Å². The first kappa shape index (κ1) is 16.6. The van der Waals surface area contributed by atoms with E-state index < -0.39 is 4.65 Å². The topological polar surface area (TPSA) is 46.5 Å². The van der Waals surface area contributed by atoms with Crippen molar-refractivity contribution in [2.75, 3.05) is 27.2 Å². The number of hydrogen-bond donors (Lipinski definition) is 1. The van der Waals surface area contributed by atoms with Crippen molar-refractivity contribution in [1.29, 1.82) is 0 Å². The Hall–Kier alpha value is -1.24. The first-order valence-corrected chi connectivity index (χ1v) is 8.65. The van der Waals surface area contributed by atoms with Gasteiger partial charge in [-0.25, -0.2) is 0 Å². The van der Waals surface area contributed by atoms with E-state index in [0.29, 0.717) is 22.9 Å². The Bertz CT molecular complexity index is 739. The molecule has 0 bridgehead atoms. The summed E-state index contributed by atoms with van der Waals surface area (Å²) in [6.07, 6.45) is 0.771. The van der Waals surface area contributed by atoms with Gasteiger partial charge in [-0.3, -0.25) is 4.65 Å². The molecule has 0 fully saturated rings. The molecule has 0 saturated carbocycles. The predicted octanol–water partition coefficient (Wildman–Crippen LogP) is 4.60. The third-order valence-electron chi connectivity index (χ3n) is 3.94. The maximum atomic E-state index is 13.8. The van der Waals surface area contributed by atoms with Gasteiger partial charge in [0.05, 0.1) is 16.3 Å². The molecule has 23 heavy (non-hydrogen) atoms. The van der Waals surface area contributed by atoms with E-state index in [-0.39, 0.29) is 5.75 Å². The predicted molar refractivity (Wildman–Crippen MR) is 96.5 cm³/mol. The number of phenols is 1. The van der Waals surface area contributed by atoms with Crippen molar-refractivity contribution in [2.45, 2.75) is 16.2 Å². The van der Waals surface area contributed by atoms with Gasteiger partial charge in [-0.05, 0) is 38.4 Å². The molecule has 1 atom stereocenters. The van der Waals surface area contributed by atoms with E-state index in [4.69, 9.17) is 11.6 Å². The minimum absolute atomic E-state index is 0.175. The minimum atomic E-state index is -0.535. The van der Waals surface area contributed by atoms with Crippen molar-refractivity contribution in [2.24, 2.45) is 0 Å². The van der Waals surface area contributed by atoms with E-state index in [9.17, 15) is 10.3 Å². The van der Waals surface area contributed by atoms with Crippen LogP contribution in [-0.2, 0) is 0 Å². The number of halogens is 1. The minimum Gasteiger partial charge on any atom is -0.622 e. The maximum Gasteiger partial charge on any atom is 0.153 e. The van der Waals surface area contributed by atoms with Gasteiger partial charge in [-0.15, -0.1) is 0 Å². The summed E-state index contributed by atoms with van der Waals surface area (Å²) in [4.78, 5) is 3.77. The fraction of sp³-hybridized carbons (Fsp3) is 0.294. The van der Waals surface area contributed by atoms with E-state index in [0.717, 1.165) is 22.8 Å². The molecule has 1 N–H and O–H groups in total. The van der Waals surface area contributed by atoms with Gasteiger partial charge in [0.25, 0.3) is 0 Å². The van der Waals surface area contributed by atoms with Gasteiger partial charge in [0.1, 0.15) is 5.75 Å². The Morgan fingerprint density at radius 3 is 2.65 bits per heavy atom. The van der Waals surface area contributed by atoms with Gasteiger partial charge < -0.3 is 15.2 Å². The Balaban J connectivity index is 2.07. The quantitative estimate of drug-likeness (QED) is 0.646. The SMILES string of the molecule is CN(C)CCC[N+]1([O-])c2ccc(O)cc2Sc2ccc(Cl)cc21. The van der Waals surface area contributed by atoms with Crippen molar-refractivity contribution in [3.8, 4) is 5.75 Å². The van der Waals surface area contributed by atoms with Gasteiger partial charge in [0, 0.05) is 30.1 Å². The summed E-state index contributed by atoms with van der Waals surface area (Å²) < 4.78 is -0.535. The van der Waals surface area contributed by atoms with E-state index in [2.05, 4.69) is 4.90 Å². The lowest BCUT2D eigenvalue weighted by molar-refractivity contribution is 0.368. The third-order valence-corrected chi connectivity index (χ3v) is 5.29. The van der Waals surface area contributed by atoms with Crippen LogP contribution in [0.1, 0.15) is 6.42 Å². The second-order valence-electron chi connectivity index (χ2n) is 5.99. The lowest BCUT2D eigenvalue weighted by atomic mass is 10.2. The van der Waals surface area contributed by atoms with Crippen LogP contribution in [-0.4, -0.2) is 37.2 Å². The molecule has 1 unspecified atom stereocenters. The molecule has 0 aromatic heterocycles. The molecule has 1 heterocycles. The monoisotopic (exact) mass is 350 g/mol. The number of rotatable bonds is 4. The molecular weight excluding hydrogens is 332 g/mol. The number of aromatic hydroxyl groups is 1. The molecular formula is C17H19ClN2O2S. The zero-order valence-corrected chi connectivity index (χ0v) is 14.7. The Morgan fingerprint density at radius 1 is 1.13 bits per heavy atom. The molecule has 2 aromatic rings. The summed E-state index contributed by atoms with van der Waals surface area (Å²) in [6, 6.07) is 10.4. The Morgan fingerprint density at radius 2 is 1.91 bits per heavy atom. The number of hydrogen-bond acceptors (Lipinski definition) is 4. The summed E-state index contributed by atoms with van der Waals surface area (Å²) in [5, 5.41) is 24.1. The van der Waals surface area contributed by atoms with Crippen LogP contribution in [0.3, 0.4) is 0 Å². The average molecular weight is 351 g/mol. The highest BCUT2D eigenvalue weighted by Crippen LogP contribution is 2.53. The maximum absolute atomic E-state index is 13.8. The Labute approximate surface area is 145 Å². The summed E-state index contributed by atoms with van der Waals surface area (Å²) in [5.41, 5.74) is 1.35. The third kappa shape index (κ3) is 3.20. The van der Waals surface area contributed by atoms with Crippen LogP contribution >= 0.6 is 23.4 Å². The smallest absolute Gasteiger partial charge is 0.153 e. The molecule has 0 saturated heterocycles. The van der Waals surface area contributed by atoms with E-state index in [1.807, 2.05) is 20.2 Å². The summed E-state index contributed by atoms with van der Waals surface area (Å²) in [6.45, 7) is 1.28. The van der Waals surface area contributed by atoms with Crippen LogP contribution in [0.4, 0.5) is 11.4 Å². The van der Waals surface area contributed by atoms with Crippen LogP contribution in [0.5, 0.6) is 5.75 Å². The van der Waals surface area contributed by atoms with Crippen LogP contribution in [0, 0.1) is 5.21 Å². The van der Waals surface area contributed by atoms with Gasteiger partial charge in [-0.2, -0.15) is 0 Å². The van der Waals surface area contributed by atoms with Gasteiger partial charge in [-0.1, -0.05) is 23.4 Å². The first-order chi connectivity index (χ1) is 10.9. The van der Waals surface area contributed by atoms with Crippen molar-refractivity contribution in [1.82, 2.24) is 9.55 Å². The lowest BCUT2D eigenvalue weighted by Crippen LogP contribution is -2.41. The number of quaternary nitrogens is 1. The molecule has 4 nitrogen and oxygen atoms in total. The molecule has 1 aliphatic heterocycles. The molecule has 0 spiro atoms. The lowest BCUT2D eigenvalue weighted by Gasteiger charge is -2.45. The standard InChI is InChI=1S/C17H19ClN2O2S/c1-19(2)8-3-9-20(22)14-6-5-13(21)11-17(14)23-16-7-4-12(18)10-15(16)20/h4-7,10-11,21H,3,8-9H2,1-2H3. The first-order valence-electron chi connectivity index (χ1n) is 7.45. The molecule has 0 radical (unpaired) electrons. The molecule has 1 aliphatic rings. The van der Waals surface area contributed by atoms with Crippen molar-refractivity contribution in [3.63, 3.8) is 0 Å². The number of nitrogens with zero attached hydrogens (tertiary/aromatic N) is 2. The second kappa shape index (κ2) is 6.34. The van der Waals surface area contributed by atoms with Gasteiger partial charge in [0.15, 0.2) is 11.4 Å². The highest BCUT2D eigenvalue weighted by atomic mass is 35.5. The molecule has 6 heteroatoms. The van der Waals surface area contributed by atoms with Crippen LogP contribution in [0.25, 0.3) is 0 Å². The largest absolute Gasteiger partial charge is 0.622 e. The summed E-state index contributed by atoms with van der Waals surface area (Å²) >= 11 is 7.64. The zero-order valence-electron chi connectivity index (χ0n) is 13.1. The molecule has 0 amide bonds. The van der Waals surface area contributed by atoms with E-state index in [1.165, 1.54) is 11.8 Å². The highest BCUT2D eigenvalue weighted by Gasteiger charge is 2.34. The van der Waals surface area contributed by atoms with Crippen molar-refractivity contribution in [3.05, 3.63) is 46.6 Å². The van der Waals surface area contributed by atoms with E-state index in [1.54, 1.807) is 30.3 Å². The number of phenolic OH excluding ortho intramolecular Hbond substituents is 1. The van der Waals surface area contributed by atoms with Crippen molar-refractivity contribution < 1.29 is 5.11 Å². The normalized spacial score (nSPS) is 19.5. The highest BCUT2D eigenvalue weighted by molar-refractivity contribution is 7.99. The van der Waals surface area contributed by atoms with Gasteiger partial charge in [0.2, 0.25) is 0 Å². The average Bonchev–Trinajstić information content (AvgIpc) is 2.48. The molecule has 0 aliphatic carbocycles. The number of benzene rings is 2. The zero-order chi connectivity index (χ0) is 16.6. The Kier molecular flexibility index (Phi) is 4.58. The second-order valence-corrected chi connectivity index (χ2v) is 7.51. The van der Waals surface area contributed by atoms with Crippen LogP contribution in [0.2, 0.25) is 5.02 Å². The summed E-state index contributed by atoms with van der Waals surface area (Å²) in [5.74, 6) is 0.175. The van der Waals surface area contributed by atoms with Crippen molar-refractivity contribution >= 4 is 34.7 Å². The molecule has 122 valence electrons. The van der Waals surface area contributed by atoms with Gasteiger partial charge >= 0.3 is 0 Å². The number of hydroxylamine groups is 1. The molecule has 3 rings (SSSR count). The fourth-order valence-electron chi connectivity index (χ4n) is 2.84. The van der Waals surface area contributed by atoms with E-state index >= 15 is 0 Å². The van der Waals surface area contributed by atoms with Crippen LogP contribution < -0.4 is 4.65 Å². The molecule has 2 aromatic carbocycles. The summed E-state index contributed by atoms with van der Waals surface area (Å²) in [7, 11) is 4.00. The number of fused-ring (bicyclic) bond motifs is 2.